The van der Waals surface area contributed by atoms with Crippen molar-refractivity contribution < 1.29 is 0 Å². The number of hydrogen-bond donors (Lipinski definition) is 0. The van der Waals surface area contributed by atoms with Crippen LogP contribution in [0.1, 0.15) is 62.3 Å². The van der Waals surface area contributed by atoms with Crippen molar-refractivity contribution in [3.63, 3.8) is 0 Å². The summed E-state index contributed by atoms with van der Waals surface area (Å²) >= 11 is 0. The van der Waals surface area contributed by atoms with Gasteiger partial charge in [0.2, 0.25) is 0 Å². The highest BCUT2D eigenvalue weighted by molar-refractivity contribution is 7.37. The molecule has 0 N–H and O–H groups in total. The fourth-order valence-corrected chi connectivity index (χ4v) is 8.45. The molecule has 0 bridgehead atoms. The highest BCUT2D eigenvalue weighted by atomic mass is 31.1. The molecule has 3 nitrogen and oxygen atoms in total. The Morgan fingerprint density at radius 3 is 1.15 bits per heavy atom. The predicted octanol–water partition coefficient (Wildman–Crippen LogP) is 6.28. The molecule has 0 rings (SSSR count). The third-order valence-corrected chi connectivity index (χ3v) is 9.02. The van der Waals surface area contributed by atoms with Crippen LogP contribution in [0.15, 0.2) is 9.49 Å². The molecule has 0 aliphatic heterocycles. The van der Waals surface area contributed by atoms with E-state index in [1.807, 2.05) is 0 Å². The highest BCUT2D eigenvalue weighted by Gasteiger charge is 2.36. The minimum absolute atomic E-state index is 0.0520. The second kappa shape index (κ2) is 6.06. The van der Waals surface area contributed by atoms with Crippen LogP contribution in [0.4, 0.5) is 0 Å². The summed E-state index contributed by atoms with van der Waals surface area (Å²) in [5, 5.41) is 0. The van der Waals surface area contributed by atoms with E-state index in [4.69, 9.17) is 9.49 Å². The first-order valence-electron chi connectivity index (χ1n) is 7.49. The standard InChI is InChI=1S/C15H36N3PSi/c1-13(2,3)16-19(17-14(4,5)6)18(15(7,8)9)20(10,11)12/h1-12H3. The molecule has 20 heavy (non-hydrogen) atoms. The Morgan fingerprint density at radius 2 is 1.00 bits per heavy atom. The van der Waals surface area contributed by atoms with Gasteiger partial charge in [-0.3, -0.25) is 0 Å². The van der Waals surface area contributed by atoms with Crippen LogP contribution in [0, 0.1) is 0 Å². The Morgan fingerprint density at radius 1 is 0.700 bits per heavy atom. The lowest BCUT2D eigenvalue weighted by molar-refractivity contribution is 0.371. The summed E-state index contributed by atoms with van der Waals surface area (Å²) in [6, 6.07) is 0. The molecule has 5 heteroatoms. The van der Waals surface area contributed by atoms with E-state index in [1.54, 1.807) is 0 Å². The molecule has 0 heterocycles. The van der Waals surface area contributed by atoms with E-state index in [0.717, 1.165) is 0 Å². The zero-order valence-corrected chi connectivity index (χ0v) is 17.7. The van der Waals surface area contributed by atoms with Gasteiger partial charge in [-0.25, -0.2) is 13.8 Å². The molecule has 0 saturated heterocycles. The number of nitrogens with zero attached hydrogens (tertiary/aromatic N) is 3. The smallest absolute Gasteiger partial charge is 0.132 e. The lowest BCUT2D eigenvalue weighted by Crippen LogP contribution is -2.50. The average Bonchev–Trinajstić information content (AvgIpc) is 1.87. The molecule has 0 aliphatic rings. The molecule has 0 unspecified atom stereocenters. The second-order valence-electron chi connectivity index (χ2n) is 9.46. The molecular formula is C15H36N3PSi. The Hall–Kier alpha value is 0.0769. The quantitative estimate of drug-likeness (QED) is 0.435. The first kappa shape index (κ1) is 20.1. The molecule has 0 aliphatic carbocycles. The first-order chi connectivity index (χ1) is 8.43. The lowest BCUT2D eigenvalue weighted by Gasteiger charge is -2.42. The zero-order chi connectivity index (χ0) is 16.6. The van der Waals surface area contributed by atoms with E-state index >= 15 is 0 Å². The van der Waals surface area contributed by atoms with E-state index in [2.05, 4.69) is 86.3 Å². The number of rotatable bonds is 2. The largest absolute Gasteiger partial charge is 0.249 e. The van der Waals surface area contributed by atoms with Crippen molar-refractivity contribution in [1.82, 2.24) is 4.34 Å². The molecule has 0 aromatic heterocycles. The maximum Gasteiger partial charge on any atom is 0.132 e. The molecular weight excluding hydrogens is 281 g/mol. The number of hydrogen-bond acceptors (Lipinski definition) is 2. The van der Waals surface area contributed by atoms with Gasteiger partial charge >= 0.3 is 0 Å². The van der Waals surface area contributed by atoms with Crippen LogP contribution >= 0.6 is 7.66 Å². The summed E-state index contributed by atoms with van der Waals surface area (Å²) < 4.78 is 12.8. The molecule has 120 valence electrons. The third-order valence-electron chi connectivity index (χ3n) is 2.23. The molecule has 0 saturated carbocycles. The summed E-state index contributed by atoms with van der Waals surface area (Å²) in [5.74, 6) is 0. The zero-order valence-electron chi connectivity index (χ0n) is 15.8. The molecule has 0 aromatic rings. The Bertz CT molecular complexity index is 372. The van der Waals surface area contributed by atoms with Crippen molar-refractivity contribution in [1.29, 1.82) is 0 Å². The molecule has 0 radical (unpaired) electrons. The van der Waals surface area contributed by atoms with Gasteiger partial charge in [-0.2, -0.15) is 0 Å². The van der Waals surface area contributed by atoms with Gasteiger partial charge < -0.3 is 0 Å². The van der Waals surface area contributed by atoms with Crippen LogP contribution in [-0.2, 0) is 0 Å². The van der Waals surface area contributed by atoms with E-state index in [-0.39, 0.29) is 16.6 Å². The van der Waals surface area contributed by atoms with Crippen molar-refractivity contribution in [3.8, 4) is 0 Å². The van der Waals surface area contributed by atoms with Gasteiger partial charge in [0, 0.05) is 5.54 Å². The van der Waals surface area contributed by atoms with Gasteiger partial charge in [-0.1, -0.05) is 19.6 Å². The monoisotopic (exact) mass is 317 g/mol. The van der Waals surface area contributed by atoms with Gasteiger partial charge in [-0.15, -0.1) is 0 Å². The fourth-order valence-electron chi connectivity index (χ4n) is 2.19. The summed E-state index contributed by atoms with van der Waals surface area (Å²) in [5.41, 5.74) is -0.00706. The minimum Gasteiger partial charge on any atom is -0.249 e. The average molecular weight is 318 g/mol. The fraction of sp³-hybridized carbons (Fsp3) is 1.00. The van der Waals surface area contributed by atoms with Crippen LogP contribution in [0.25, 0.3) is 0 Å². The van der Waals surface area contributed by atoms with Crippen LogP contribution in [0.2, 0.25) is 19.6 Å². The SMILES string of the molecule is CC(C)(C)N=P(=NC(C)(C)C)N(C(C)(C)C)[Si](C)(C)C. The second-order valence-corrected chi connectivity index (χ2v) is 16.0. The maximum atomic E-state index is 5.09. The Balaban J connectivity index is 6.25. The van der Waals surface area contributed by atoms with Gasteiger partial charge in [0.15, 0.2) is 0 Å². The minimum atomic E-state index is -1.51. The van der Waals surface area contributed by atoms with Crippen molar-refractivity contribution in [2.45, 2.75) is 98.6 Å². The predicted molar refractivity (Wildman–Crippen MR) is 96.2 cm³/mol. The molecule has 0 amide bonds. The summed E-state index contributed by atoms with van der Waals surface area (Å²) in [6.07, 6.45) is 0. The summed E-state index contributed by atoms with van der Waals surface area (Å²) in [4.78, 5) is 0. The van der Waals surface area contributed by atoms with Gasteiger partial charge in [-0.05, 0) is 62.3 Å². The van der Waals surface area contributed by atoms with Crippen molar-refractivity contribution in [2.75, 3.05) is 0 Å². The summed E-state index contributed by atoms with van der Waals surface area (Å²) in [7, 11) is -2.34. The molecule has 0 spiro atoms. The van der Waals surface area contributed by atoms with Crippen LogP contribution in [0.3, 0.4) is 0 Å². The normalized spacial score (nSPS) is 16.1. The molecule has 0 atom stereocenters. The third kappa shape index (κ3) is 7.75. The first-order valence-corrected chi connectivity index (χ1v) is 12.1. The van der Waals surface area contributed by atoms with E-state index < -0.39 is 15.9 Å². The van der Waals surface area contributed by atoms with E-state index in [9.17, 15) is 0 Å². The van der Waals surface area contributed by atoms with Crippen LogP contribution in [0.5, 0.6) is 0 Å². The molecule has 0 fully saturated rings. The molecule has 0 aromatic carbocycles. The Labute approximate surface area is 128 Å². The topological polar surface area (TPSA) is 28.0 Å². The van der Waals surface area contributed by atoms with Crippen molar-refractivity contribution >= 4 is 15.9 Å². The van der Waals surface area contributed by atoms with E-state index in [0.29, 0.717) is 0 Å². The van der Waals surface area contributed by atoms with Gasteiger partial charge in [0.1, 0.15) is 15.9 Å². The summed E-state index contributed by atoms with van der Waals surface area (Å²) in [6.45, 7) is 27.1. The maximum absolute atomic E-state index is 5.09. The van der Waals surface area contributed by atoms with Crippen molar-refractivity contribution in [2.24, 2.45) is 9.49 Å². The van der Waals surface area contributed by atoms with E-state index in [1.165, 1.54) is 0 Å². The van der Waals surface area contributed by atoms with Crippen LogP contribution < -0.4 is 0 Å². The highest BCUT2D eigenvalue weighted by Crippen LogP contribution is 2.41. The van der Waals surface area contributed by atoms with Gasteiger partial charge in [0.05, 0.1) is 11.1 Å². The van der Waals surface area contributed by atoms with Crippen molar-refractivity contribution in [3.05, 3.63) is 0 Å². The van der Waals surface area contributed by atoms with Crippen LogP contribution in [-0.4, -0.2) is 29.2 Å². The Kier molecular flexibility index (Phi) is 6.08. The van der Waals surface area contributed by atoms with Gasteiger partial charge in [0.25, 0.3) is 0 Å². The lowest BCUT2D eigenvalue weighted by atomic mass is 10.1.